The minimum absolute atomic E-state index is 0.266. The molecule has 1 atom stereocenters. The van der Waals surface area contributed by atoms with Crippen LogP contribution in [0.1, 0.15) is 29.1 Å². The quantitative estimate of drug-likeness (QED) is 0.886. The Morgan fingerprint density at radius 1 is 1.12 bits per heavy atom. The molecule has 0 radical (unpaired) electrons. The molecule has 2 N–H and O–H groups in total. The first-order chi connectivity index (χ1) is 12.3. The number of nitrogens with zero attached hydrogens (tertiary/aromatic N) is 3. The molecular weight excluding hydrogens is 312 g/mol. The van der Waals surface area contributed by atoms with Crippen LogP contribution in [0.3, 0.4) is 0 Å². The second kappa shape index (κ2) is 7.50. The van der Waals surface area contributed by atoms with E-state index in [0.29, 0.717) is 5.92 Å². The molecule has 0 bridgehead atoms. The van der Waals surface area contributed by atoms with E-state index in [1.54, 1.807) is 0 Å². The number of hydrogen-bond donors (Lipinski definition) is 2. The second-order valence-corrected chi connectivity index (χ2v) is 7.08. The summed E-state index contributed by atoms with van der Waals surface area (Å²) in [6.07, 6.45) is 3.76. The monoisotopic (exact) mass is 338 g/mol. The van der Waals surface area contributed by atoms with Gasteiger partial charge < -0.3 is 15.3 Å². The van der Waals surface area contributed by atoms with Gasteiger partial charge >= 0.3 is 0 Å². The average Bonchev–Trinajstić information content (AvgIpc) is 3.00. The molecular formula is C20H26N4O. The lowest BCUT2D eigenvalue weighted by Gasteiger charge is -2.22. The van der Waals surface area contributed by atoms with Crippen molar-refractivity contribution in [3.05, 3.63) is 53.0 Å². The minimum atomic E-state index is 0.266. The number of aliphatic hydroxyl groups is 1. The van der Waals surface area contributed by atoms with Gasteiger partial charge in [-0.3, -0.25) is 0 Å². The van der Waals surface area contributed by atoms with Gasteiger partial charge in [0, 0.05) is 50.6 Å². The Morgan fingerprint density at radius 3 is 2.76 bits per heavy atom. The van der Waals surface area contributed by atoms with Gasteiger partial charge in [0.25, 0.3) is 0 Å². The lowest BCUT2D eigenvalue weighted by molar-refractivity contribution is 0.238. The van der Waals surface area contributed by atoms with Gasteiger partial charge in [-0.2, -0.15) is 0 Å². The van der Waals surface area contributed by atoms with Crippen molar-refractivity contribution in [2.24, 2.45) is 5.92 Å². The number of aromatic nitrogens is 2. The topological polar surface area (TPSA) is 61.3 Å². The fourth-order valence-corrected chi connectivity index (χ4v) is 3.87. The first kappa shape index (κ1) is 16.5. The fourth-order valence-electron chi connectivity index (χ4n) is 3.87. The summed E-state index contributed by atoms with van der Waals surface area (Å²) in [6, 6.07) is 10.4. The van der Waals surface area contributed by atoms with Crippen LogP contribution in [-0.2, 0) is 19.3 Å². The number of hydrogen-bond acceptors (Lipinski definition) is 5. The Hall–Kier alpha value is -1.98. The highest BCUT2D eigenvalue weighted by molar-refractivity contribution is 5.51. The van der Waals surface area contributed by atoms with Crippen molar-refractivity contribution < 1.29 is 5.11 Å². The lowest BCUT2D eigenvalue weighted by atomic mass is 10.1. The van der Waals surface area contributed by atoms with Gasteiger partial charge in [0.05, 0.1) is 5.69 Å². The Morgan fingerprint density at radius 2 is 1.96 bits per heavy atom. The Bertz CT molecular complexity index is 719. The van der Waals surface area contributed by atoms with Gasteiger partial charge in [-0.15, -0.1) is 0 Å². The summed E-state index contributed by atoms with van der Waals surface area (Å²) in [5.41, 5.74) is 3.75. The predicted molar refractivity (Wildman–Crippen MR) is 99.0 cm³/mol. The molecule has 3 heterocycles. The molecule has 0 aliphatic carbocycles. The molecule has 5 heteroatoms. The van der Waals surface area contributed by atoms with E-state index in [0.717, 1.165) is 63.5 Å². The molecule has 5 nitrogen and oxygen atoms in total. The van der Waals surface area contributed by atoms with Gasteiger partial charge in [0.1, 0.15) is 11.6 Å². The maximum Gasteiger partial charge on any atom is 0.135 e. The molecule has 1 unspecified atom stereocenters. The SMILES string of the molecule is OCC1CCN(c2nc(Cc3ccccc3)nc3c2CCNCC3)C1. The van der Waals surface area contributed by atoms with Gasteiger partial charge in [-0.05, 0) is 24.9 Å². The van der Waals surface area contributed by atoms with Crippen molar-refractivity contribution >= 4 is 5.82 Å². The van der Waals surface area contributed by atoms with Crippen LogP contribution in [-0.4, -0.2) is 47.9 Å². The highest BCUT2D eigenvalue weighted by atomic mass is 16.3. The molecule has 0 spiro atoms. The summed E-state index contributed by atoms with van der Waals surface area (Å²) in [7, 11) is 0. The van der Waals surface area contributed by atoms with Crippen LogP contribution in [0.2, 0.25) is 0 Å². The van der Waals surface area contributed by atoms with E-state index in [4.69, 9.17) is 9.97 Å². The van der Waals surface area contributed by atoms with Gasteiger partial charge in [0.2, 0.25) is 0 Å². The van der Waals surface area contributed by atoms with E-state index in [2.05, 4.69) is 34.5 Å². The highest BCUT2D eigenvalue weighted by Gasteiger charge is 2.27. The van der Waals surface area contributed by atoms with E-state index in [-0.39, 0.29) is 6.61 Å². The molecule has 1 saturated heterocycles. The van der Waals surface area contributed by atoms with E-state index in [9.17, 15) is 5.11 Å². The predicted octanol–water partition coefficient (Wildman–Crippen LogP) is 1.57. The molecule has 1 aromatic carbocycles. The van der Waals surface area contributed by atoms with Crippen LogP contribution in [0.15, 0.2) is 30.3 Å². The van der Waals surface area contributed by atoms with Crippen LogP contribution in [0.5, 0.6) is 0 Å². The zero-order valence-electron chi connectivity index (χ0n) is 14.6. The molecule has 0 amide bonds. The minimum Gasteiger partial charge on any atom is -0.396 e. The standard InChI is InChI=1S/C20H26N4O/c25-14-16-8-11-24(13-16)20-17-6-9-21-10-7-18(17)22-19(23-20)12-15-4-2-1-3-5-15/h1-5,16,21,25H,6-14H2. The number of nitrogens with one attached hydrogen (secondary N) is 1. The summed E-state index contributed by atoms with van der Waals surface area (Å²) < 4.78 is 0. The van der Waals surface area contributed by atoms with Crippen molar-refractivity contribution in [2.45, 2.75) is 25.7 Å². The third-order valence-electron chi connectivity index (χ3n) is 5.26. The summed E-state index contributed by atoms with van der Waals surface area (Å²) in [5.74, 6) is 2.39. The van der Waals surface area contributed by atoms with Crippen LogP contribution in [0, 0.1) is 5.92 Å². The zero-order valence-corrected chi connectivity index (χ0v) is 14.6. The molecule has 2 aliphatic rings. The smallest absolute Gasteiger partial charge is 0.135 e. The van der Waals surface area contributed by atoms with E-state index in [1.165, 1.54) is 16.8 Å². The number of rotatable bonds is 4. The average molecular weight is 338 g/mol. The summed E-state index contributed by atoms with van der Waals surface area (Å²) in [4.78, 5) is 12.3. The van der Waals surface area contributed by atoms with Gasteiger partial charge in [-0.1, -0.05) is 30.3 Å². The number of anilines is 1. The first-order valence-corrected chi connectivity index (χ1v) is 9.32. The fraction of sp³-hybridized carbons (Fsp3) is 0.500. The summed E-state index contributed by atoms with van der Waals surface area (Å²) in [6.45, 7) is 4.11. The Labute approximate surface area is 149 Å². The maximum absolute atomic E-state index is 9.49. The largest absolute Gasteiger partial charge is 0.396 e. The van der Waals surface area contributed by atoms with Crippen molar-refractivity contribution in [1.82, 2.24) is 15.3 Å². The van der Waals surface area contributed by atoms with Crippen LogP contribution < -0.4 is 10.2 Å². The van der Waals surface area contributed by atoms with E-state index in [1.807, 2.05) is 6.07 Å². The second-order valence-electron chi connectivity index (χ2n) is 7.08. The lowest BCUT2D eigenvalue weighted by Crippen LogP contribution is -2.25. The normalized spacial score (nSPS) is 20.4. The Kier molecular flexibility index (Phi) is 4.95. The van der Waals surface area contributed by atoms with Crippen LogP contribution >= 0.6 is 0 Å². The molecule has 1 aromatic heterocycles. The van der Waals surface area contributed by atoms with Crippen molar-refractivity contribution in [1.29, 1.82) is 0 Å². The maximum atomic E-state index is 9.49. The third-order valence-corrected chi connectivity index (χ3v) is 5.26. The molecule has 132 valence electrons. The van der Waals surface area contributed by atoms with Crippen LogP contribution in [0.25, 0.3) is 0 Å². The number of aliphatic hydroxyl groups excluding tert-OH is 1. The molecule has 0 saturated carbocycles. The van der Waals surface area contributed by atoms with Crippen molar-refractivity contribution in [2.75, 3.05) is 37.7 Å². The van der Waals surface area contributed by atoms with E-state index < -0.39 is 0 Å². The Balaban J connectivity index is 1.69. The summed E-state index contributed by atoms with van der Waals surface area (Å²) >= 11 is 0. The first-order valence-electron chi connectivity index (χ1n) is 9.32. The summed E-state index contributed by atoms with van der Waals surface area (Å²) in [5, 5.41) is 13.0. The number of benzene rings is 1. The van der Waals surface area contributed by atoms with Crippen molar-refractivity contribution in [3.63, 3.8) is 0 Å². The number of fused-ring (bicyclic) bond motifs is 1. The van der Waals surface area contributed by atoms with Gasteiger partial charge in [-0.25, -0.2) is 9.97 Å². The van der Waals surface area contributed by atoms with E-state index >= 15 is 0 Å². The van der Waals surface area contributed by atoms with Gasteiger partial charge in [0.15, 0.2) is 0 Å². The molecule has 2 aliphatic heterocycles. The molecule has 25 heavy (non-hydrogen) atoms. The molecule has 2 aromatic rings. The molecule has 4 rings (SSSR count). The zero-order chi connectivity index (χ0) is 17.1. The molecule has 1 fully saturated rings. The highest BCUT2D eigenvalue weighted by Crippen LogP contribution is 2.28. The van der Waals surface area contributed by atoms with Crippen LogP contribution in [0.4, 0.5) is 5.82 Å². The third kappa shape index (κ3) is 3.67. The van der Waals surface area contributed by atoms with Crippen molar-refractivity contribution in [3.8, 4) is 0 Å².